The van der Waals surface area contributed by atoms with E-state index in [4.69, 9.17) is 4.74 Å². The second kappa shape index (κ2) is 5.77. The molecule has 0 amide bonds. The third-order valence-electron chi connectivity index (χ3n) is 4.73. The number of fused-ring (bicyclic) bond motifs is 2. The molecule has 2 aliphatic heterocycles. The lowest BCUT2D eigenvalue weighted by Crippen LogP contribution is -2.59. The molecule has 0 radical (unpaired) electrons. The Hall–Kier alpha value is -1.00. The van der Waals surface area contributed by atoms with Crippen LogP contribution in [0.1, 0.15) is 6.42 Å². The highest BCUT2D eigenvalue weighted by atomic mass is 32.2. The molecular formula is C15H17NO5S3. The van der Waals surface area contributed by atoms with Gasteiger partial charge in [-0.2, -0.15) is 4.31 Å². The second-order valence-corrected chi connectivity index (χ2v) is 11.2. The zero-order valence-electron chi connectivity index (χ0n) is 12.8. The lowest BCUT2D eigenvalue weighted by atomic mass is 10.1. The summed E-state index contributed by atoms with van der Waals surface area (Å²) < 4.78 is 58.6. The summed E-state index contributed by atoms with van der Waals surface area (Å²) in [5, 5.41) is 1.58. The number of rotatable bonds is 2. The molecule has 24 heavy (non-hydrogen) atoms. The third-order valence-corrected chi connectivity index (χ3v) is 9.93. The quantitative estimate of drug-likeness (QED) is 0.780. The maximum absolute atomic E-state index is 13.2. The predicted octanol–water partition coefficient (Wildman–Crippen LogP) is 1.48. The van der Waals surface area contributed by atoms with E-state index in [2.05, 4.69) is 0 Å². The van der Waals surface area contributed by atoms with E-state index in [-0.39, 0.29) is 23.8 Å². The number of sulfone groups is 1. The van der Waals surface area contributed by atoms with Gasteiger partial charge in [-0.1, -0.05) is 18.2 Å². The van der Waals surface area contributed by atoms with Crippen LogP contribution in [0.3, 0.4) is 0 Å². The van der Waals surface area contributed by atoms with Gasteiger partial charge in [-0.05, 0) is 12.5 Å². The van der Waals surface area contributed by atoms with Gasteiger partial charge in [0, 0.05) is 34.7 Å². The van der Waals surface area contributed by atoms with Crippen LogP contribution in [-0.4, -0.2) is 57.9 Å². The average molecular weight is 388 g/mol. The summed E-state index contributed by atoms with van der Waals surface area (Å²) in [6.07, 6.45) is 0.408. The first-order valence-corrected chi connectivity index (χ1v) is 11.7. The van der Waals surface area contributed by atoms with Crippen molar-refractivity contribution in [3.05, 3.63) is 29.6 Å². The minimum absolute atomic E-state index is 0.00993. The molecule has 2 aromatic rings. The average Bonchev–Trinajstić information content (AvgIpc) is 2.99. The van der Waals surface area contributed by atoms with Gasteiger partial charge in [-0.25, -0.2) is 16.8 Å². The number of thiophene rings is 1. The van der Waals surface area contributed by atoms with Crippen LogP contribution >= 0.6 is 11.3 Å². The molecular weight excluding hydrogens is 370 g/mol. The van der Waals surface area contributed by atoms with Crippen LogP contribution in [0.4, 0.5) is 0 Å². The van der Waals surface area contributed by atoms with Crippen molar-refractivity contribution < 1.29 is 21.6 Å². The molecule has 9 heteroatoms. The summed E-state index contributed by atoms with van der Waals surface area (Å²) in [5.74, 6) is -0.154. The van der Waals surface area contributed by atoms with Crippen LogP contribution in [0.25, 0.3) is 10.1 Å². The fourth-order valence-corrected chi connectivity index (χ4v) is 8.66. The zero-order chi connectivity index (χ0) is 16.9. The Morgan fingerprint density at radius 1 is 1.25 bits per heavy atom. The first-order valence-electron chi connectivity index (χ1n) is 7.69. The Morgan fingerprint density at radius 2 is 2.04 bits per heavy atom. The van der Waals surface area contributed by atoms with Crippen molar-refractivity contribution in [2.24, 2.45) is 0 Å². The van der Waals surface area contributed by atoms with E-state index in [1.54, 1.807) is 11.4 Å². The minimum Gasteiger partial charge on any atom is -0.380 e. The molecule has 6 nitrogen and oxygen atoms in total. The number of hydrogen-bond donors (Lipinski definition) is 0. The SMILES string of the molecule is O=S1(=O)CCN(S(=O)(=O)c2csc3ccccc23)[C@H]2CCOC[C@@H]21. The van der Waals surface area contributed by atoms with Crippen LogP contribution < -0.4 is 0 Å². The summed E-state index contributed by atoms with van der Waals surface area (Å²) in [7, 11) is -7.06. The normalized spacial score (nSPS) is 27.8. The van der Waals surface area contributed by atoms with Crippen LogP contribution in [0, 0.1) is 0 Å². The van der Waals surface area contributed by atoms with Gasteiger partial charge in [-0.3, -0.25) is 0 Å². The Morgan fingerprint density at radius 3 is 2.88 bits per heavy atom. The standard InChI is InChI=1S/C15H17NO5S3/c17-23(18)8-6-16(12-5-7-21-9-14(12)23)24(19,20)15-10-22-13-4-2-1-3-11(13)15/h1-4,10,12,14H,5-9H2/t12-,14-/m0/s1. The molecule has 0 spiro atoms. The van der Waals surface area contributed by atoms with Gasteiger partial charge in [0.1, 0.15) is 10.1 Å². The van der Waals surface area contributed by atoms with Crippen molar-refractivity contribution in [3.8, 4) is 0 Å². The summed E-state index contributed by atoms with van der Waals surface area (Å²) in [5.41, 5.74) is 0. The Balaban J connectivity index is 1.79. The number of sulfonamides is 1. The zero-order valence-corrected chi connectivity index (χ0v) is 15.2. The first-order chi connectivity index (χ1) is 11.4. The fraction of sp³-hybridized carbons (Fsp3) is 0.467. The molecule has 2 fully saturated rings. The molecule has 1 aromatic carbocycles. The maximum Gasteiger partial charge on any atom is 0.244 e. The Labute approximate surface area is 145 Å². The molecule has 1 aromatic heterocycles. The predicted molar refractivity (Wildman–Crippen MR) is 92.5 cm³/mol. The van der Waals surface area contributed by atoms with Gasteiger partial charge in [0.15, 0.2) is 9.84 Å². The second-order valence-electron chi connectivity index (χ2n) is 6.05. The highest BCUT2D eigenvalue weighted by molar-refractivity contribution is 7.92. The molecule has 2 saturated heterocycles. The van der Waals surface area contributed by atoms with Gasteiger partial charge >= 0.3 is 0 Å². The molecule has 4 rings (SSSR count). The molecule has 0 aliphatic carbocycles. The molecule has 2 atom stereocenters. The van der Waals surface area contributed by atoms with Gasteiger partial charge in [0.2, 0.25) is 10.0 Å². The van der Waals surface area contributed by atoms with Crippen LogP contribution in [0.15, 0.2) is 34.5 Å². The molecule has 0 bridgehead atoms. The van der Waals surface area contributed by atoms with Gasteiger partial charge < -0.3 is 4.74 Å². The smallest absolute Gasteiger partial charge is 0.244 e. The fourth-order valence-electron chi connectivity index (χ4n) is 3.49. The van der Waals surface area contributed by atoms with Gasteiger partial charge in [0.25, 0.3) is 0 Å². The molecule has 2 aliphatic rings. The van der Waals surface area contributed by atoms with Gasteiger partial charge in [0.05, 0.1) is 12.4 Å². The highest BCUT2D eigenvalue weighted by Gasteiger charge is 2.48. The van der Waals surface area contributed by atoms with E-state index in [0.717, 1.165) is 4.70 Å². The van der Waals surface area contributed by atoms with Crippen molar-refractivity contribution in [2.75, 3.05) is 25.5 Å². The van der Waals surface area contributed by atoms with E-state index in [1.807, 2.05) is 18.2 Å². The number of ether oxygens (including phenoxy) is 1. The molecule has 0 N–H and O–H groups in total. The van der Waals surface area contributed by atoms with E-state index in [1.165, 1.54) is 15.6 Å². The summed E-state index contributed by atoms with van der Waals surface area (Å²) >= 11 is 1.39. The summed E-state index contributed by atoms with van der Waals surface area (Å²) in [4.78, 5) is 0.271. The van der Waals surface area contributed by atoms with E-state index in [9.17, 15) is 16.8 Å². The van der Waals surface area contributed by atoms with Crippen molar-refractivity contribution in [1.82, 2.24) is 4.31 Å². The molecule has 0 saturated carbocycles. The monoisotopic (exact) mass is 387 g/mol. The number of hydrogen-bond acceptors (Lipinski definition) is 6. The van der Waals surface area contributed by atoms with Gasteiger partial charge in [-0.15, -0.1) is 11.3 Å². The first kappa shape index (κ1) is 16.5. The van der Waals surface area contributed by atoms with Crippen molar-refractivity contribution in [2.45, 2.75) is 22.6 Å². The van der Waals surface area contributed by atoms with E-state index >= 15 is 0 Å². The topological polar surface area (TPSA) is 80.8 Å². The van der Waals surface area contributed by atoms with Crippen molar-refractivity contribution in [3.63, 3.8) is 0 Å². The van der Waals surface area contributed by atoms with Crippen molar-refractivity contribution in [1.29, 1.82) is 0 Å². The Bertz CT molecular complexity index is 979. The van der Waals surface area contributed by atoms with Crippen molar-refractivity contribution >= 4 is 41.3 Å². The molecule has 130 valence electrons. The number of nitrogens with zero attached hydrogens (tertiary/aromatic N) is 1. The number of benzene rings is 1. The van der Waals surface area contributed by atoms with Crippen LogP contribution in [-0.2, 0) is 24.6 Å². The van der Waals surface area contributed by atoms with Crippen LogP contribution in [0.2, 0.25) is 0 Å². The lowest BCUT2D eigenvalue weighted by molar-refractivity contribution is 0.0590. The highest BCUT2D eigenvalue weighted by Crippen LogP contribution is 2.35. The van der Waals surface area contributed by atoms with E-state index in [0.29, 0.717) is 18.4 Å². The maximum atomic E-state index is 13.2. The molecule has 3 heterocycles. The summed E-state index contributed by atoms with van der Waals surface area (Å²) in [6, 6.07) is 6.82. The Kier molecular flexibility index (Phi) is 3.96. The molecule has 0 unspecified atom stereocenters. The largest absolute Gasteiger partial charge is 0.380 e. The third kappa shape index (κ3) is 2.50. The van der Waals surface area contributed by atoms with E-state index < -0.39 is 31.2 Å². The summed E-state index contributed by atoms with van der Waals surface area (Å²) in [6.45, 7) is 0.465. The van der Waals surface area contributed by atoms with Crippen LogP contribution in [0.5, 0.6) is 0 Å². The minimum atomic E-state index is -3.74. The lowest BCUT2D eigenvalue weighted by Gasteiger charge is -2.42.